The Morgan fingerprint density at radius 3 is 2.67 bits per heavy atom. The van der Waals surface area contributed by atoms with Crippen molar-refractivity contribution in [1.29, 1.82) is 0 Å². The summed E-state index contributed by atoms with van der Waals surface area (Å²) in [7, 11) is 0. The van der Waals surface area contributed by atoms with Crippen LogP contribution in [-0.4, -0.2) is 5.78 Å². The molecule has 0 amide bonds. The monoisotopic (exact) mass is 268 g/mol. The Morgan fingerprint density at radius 2 is 2.11 bits per heavy atom. The Labute approximate surface area is 112 Å². The van der Waals surface area contributed by atoms with E-state index in [0.717, 1.165) is 19.3 Å². The molecule has 0 aromatic heterocycles. The highest BCUT2D eigenvalue weighted by Crippen LogP contribution is 2.44. The van der Waals surface area contributed by atoms with Gasteiger partial charge in [-0.15, -0.1) is 0 Å². The molecule has 1 unspecified atom stereocenters. The summed E-state index contributed by atoms with van der Waals surface area (Å²) in [4.78, 5) is 12.5. The molecule has 0 N–H and O–H groups in total. The average molecular weight is 269 g/mol. The lowest BCUT2D eigenvalue weighted by atomic mass is 9.77. The van der Waals surface area contributed by atoms with Gasteiger partial charge in [0.15, 0.2) is 5.78 Å². The van der Waals surface area contributed by atoms with E-state index in [1.807, 2.05) is 0 Å². The first kappa shape index (κ1) is 13.5. The van der Waals surface area contributed by atoms with Gasteiger partial charge >= 0.3 is 0 Å². The third-order valence-electron chi connectivity index (χ3n) is 4.09. The Bertz CT molecular complexity index is 494. The van der Waals surface area contributed by atoms with Crippen LogP contribution in [0.25, 0.3) is 0 Å². The molecule has 0 heterocycles. The van der Waals surface area contributed by atoms with E-state index in [2.05, 4.69) is 13.8 Å². The van der Waals surface area contributed by atoms with Crippen LogP contribution in [0.5, 0.6) is 0 Å². The lowest BCUT2D eigenvalue weighted by molar-refractivity contribution is 0.0839. The van der Waals surface area contributed by atoms with Gasteiger partial charge < -0.3 is 0 Å². The maximum atomic E-state index is 13.4. The Hall–Kier alpha value is -0.890. The molecule has 2 rings (SSSR count). The molecule has 1 aliphatic rings. The molecule has 98 valence electrons. The van der Waals surface area contributed by atoms with Crippen molar-refractivity contribution in [2.75, 3.05) is 0 Å². The van der Waals surface area contributed by atoms with Crippen LogP contribution in [-0.2, 0) is 0 Å². The van der Waals surface area contributed by atoms with Gasteiger partial charge in [0.2, 0.25) is 0 Å². The first-order valence-electron chi connectivity index (χ1n) is 6.33. The highest BCUT2D eigenvalue weighted by atomic mass is 35.5. The second-order valence-corrected chi connectivity index (χ2v) is 6.29. The van der Waals surface area contributed by atoms with Crippen LogP contribution in [0.15, 0.2) is 12.1 Å². The first-order valence-corrected chi connectivity index (χ1v) is 6.70. The topological polar surface area (TPSA) is 17.1 Å². The molecule has 0 saturated heterocycles. The molecule has 1 aromatic rings. The second-order valence-electron chi connectivity index (χ2n) is 5.88. The minimum atomic E-state index is -0.359. The Morgan fingerprint density at radius 1 is 1.44 bits per heavy atom. The zero-order valence-electron chi connectivity index (χ0n) is 11.0. The number of Topliss-reactive ketones (excluding diaryl/α,β-unsaturated/α-hetero) is 1. The fourth-order valence-corrected chi connectivity index (χ4v) is 3.09. The summed E-state index contributed by atoms with van der Waals surface area (Å²) in [6.07, 6.45) is 3.03. The number of ketones is 1. The zero-order chi connectivity index (χ0) is 13.5. The molecule has 3 heteroatoms. The number of carbonyl (C=O) groups is 1. The van der Waals surface area contributed by atoms with Crippen LogP contribution < -0.4 is 0 Å². The number of hydrogen-bond donors (Lipinski definition) is 0. The second kappa shape index (κ2) is 4.65. The summed E-state index contributed by atoms with van der Waals surface area (Å²) in [6.45, 7) is 5.89. The van der Waals surface area contributed by atoms with Crippen LogP contribution >= 0.6 is 11.6 Å². The molecule has 0 radical (unpaired) electrons. The standard InChI is InChI=1S/C15H18ClFO/c1-9-7-10(12(16)8-13(9)17)14(18)11-5-4-6-15(11,2)3/h7-8,11H,4-6H2,1-3H3. The molecule has 1 atom stereocenters. The SMILES string of the molecule is Cc1cc(C(=O)C2CCCC2(C)C)c(Cl)cc1F. The van der Waals surface area contributed by atoms with Gasteiger partial charge in [-0.2, -0.15) is 0 Å². The minimum Gasteiger partial charge on any atom is -0.294 e. The largest absolute Gasteiger partial charge is 0.294 e. The first-order chi connectivity index (χ1) is 8.33. The molecule has 1 aromatic carbocycles. The van der Waals surface area contributed by atoms with Crippen LogP contribution in [0.2, 0.25) is 5.02 Å². The highest BCUT2D eigenvalue weighted by molar-refractivity contribution is 6.34. The van der Waals surface area contributed by atoms with Crippen molar-refractivity contribution in [3.63, 3.8) is 0 Å². The van der Waals surface area contributed by atoms with Crippen molar-refractivity contribution >= 4 is 17.4 Å². The van der Waals surface area contributed by atoms with Gasteiger partial charge in [0, 0.05) is 11.5 Å². The van der Waals surface area contributed by atoms with Gasteiger partial charge in [-0.1, -0.05) is 31.9 Å². The van der Waals surface area contributed by atoms with E-state index in [-0.39, 0.29) is 28.0 Å². The molecule has 1 fully saturated rings. The Kier molecular flexibility index (Phi) is 3.50. The molecule has 1 nitrogen and oxygen atoms in total. The molecule has 1 aliphatic carbocycles. The maximum Gasteiger partial charge on any atom is 0.167 e. The number of aryl methyl sites for hydroxylation is 1. The number of benzene rings is 1. The summed E-state index contributed by atoms with van der Waals surface area (Å²) in [5, 5.41) is 0.228. The Balaban J connectivity index is 2.38. The van der Waals surface area contributed by atoms with Crippen LogP contribution in [0.4, 0.5) is 4.39 Å². The molecular weight excluding hydrogens is 251 g/mol. The highest BCUT2D eigenvalue weighted by Gasteiger charge is 2.40. The van der Waals surface area contributed by atoms with Crippen molar-refractivity contribution in [2.24, 2.45) is 11.3 Å². The lowest BCUT2D eigenvalue weighted by Crippen LogP contribution is -2.26. The summed E-state index contributed by atoms with van der Waals surface area (Å²) in [5.74, 6) is -0.298. The van der Waals surface area contributed by atoms with E-state index < -0.39 is 0 Å². The average Bonchev–Trinajstić information content (AvgIpc) is 2.62. The zero-order valence-corrected chi connectivity index (χ0v) is 11.8. The number of rotatable bonds is 2. The molecule has 0 spiro atoms. The van der Waals surface area contributed by atoms with E-state index in [0.29, 0.717) is 11.1 Å². The molecular formula is C15H18ClFO. The third-order valence-corrected chi connectivity index (χ3v) is 4.40. The van der Waals surface area contributed by atoms with Crippen LogP contribution in [0, 0.1) is 24.1 Å². The van der Waals surface area contributed by atoms with E-state index in [4.69, 9.17) is 11.6 Å². The maximum absolute atomic E-state index is 13.4. The minimum absolute atomic E-state index is 0.000128. The molecule has 0 aliphatic heterocycles. The van der Waals surface area contributed by atoms with E-state index in [9.17, 15) is 9.18 Å². The predicted octanol–water partition coefficient (Wildman–Crippen LogP) is 4.80. The van der Waals surface area contributed by atoms with Crippen molar-refractivity contribution in [3.8, 4) is 0 Å². The quantitative estimate of drug-likeness (QED) is 0.705. The van der Waals surface area contributed by atoms with Gasteiger partial charge in [0.1, 0.15) is 5.82 Å². The molecule has 18 heavy (non-hydrogen) atoms. The molecule has 1 saturated carbocycles. The van der Waals surface area contributed by atoms with Crippen LogP contribution in [0.3, 0.4) is 0 Å². The van der Waals surface area contributed by atoms with Crippen molar-refractivity contribution in [2.45, 2.75) is 40.0 Å². The summed E-state index contributed by atoms with van der Waals surface area (Å²) >= 11 is 6.01. The van der Waals surface area contributed by atoms with Gasteiger partial charge in [-0.05, 0) is 42.9 Å². The normalized spacial score (nSPS) is 22.2. The summed E-state index contributed by atoms with van der Waals surface area (Å²) < 4.78 is 13.4. The van der Waals surface area contributed by atoms with Gasteiger partial charge in [0.25, 0.3) is 0 Å². The lowest BCUT2D eigenvalue weighted by Gasteiger charge is -2.26. The number of carbonyl (C=O) groups excluding carboxylic acids is 1. The fraction of sp³-hybridized carbons (Fsp3) is 0.533. The van der Waals surface area contributed by atoms with Crippen molar-refractivity contribution in [3.05, 3.63) is 34.1 Å². The smallest absolute Gasteiger partial charge is 0.167 e. The van der Waals surface area contributed by atoms with Gasteiger partial charge in [-0.3, -0.25) is 4.79 Å². The van der Waals surface area contributed by atoms with E-state index in [1.54, 1.807) is 13.0 Å². The fourth-order valence-electron chi connectivity index (χ4n) is 2.85. The van der Waals surface area contributed by atoms with Gasteiger partial charge in [-0.25, -0.2) is 4.39 Å². The number of halogens is 2. The molecule has 0 bridgehead atoms. The van der Waals surface area contributed by atoms with Crippen molar-refractivity contribution < 1.29 is 9.18 Å². The number of hydrogen-bond acceptors (Lipinski definition) is 1. The third kappa shape index (κ3) is 2.31. The summed E-state index contributed by atoms with van der Waals surface area (Å²) in [6, 6.07) is 2.82. The predicted molar refractivity (Wildman–Crippen MR) is 71.6 cm³/mol. The van der Waals surface area contributed by atoms with Crippen LogP contribution in [0.1, 0.15) is 49.0 Å². The van der Waals surface area contributed by atoms with Gasteiger partial charge in [0.05, 0.1) is 5.02 Å². The van der Waals surface area contributed by atoms with E-state index >= 15 is 0 Å². The van der Waals surface area contributed by atoms with E-state index in [1.165, 1.54) is 6.07 Å². The van der Waals surface area contributed by atoms with Crippen molar-refractivity contribution in [1.82, 2.24) is 0 Å². The summed E-state index contributed by atoms with van der Waals surface area (Å²) in [5.41, 5.74) is 0.956.